The van der Waals surface area contributed by atoms with Crippen LogP contribution in [-0.2, 0) is 4.79 Å². The highest BCUT2D eigenvalue weighted by molar-refractivity contribution is 6.31. The smallest absolute Gasteiger partial charge is 0.295 e. The van der Waals surface area contributed by atoms with Gasteiger partial charge in [-0.25, -0.2) is 4.39 Å². The first-order valence-corrected chi connectivity index (χ1v) is 6.95. The average Bonchev–Trinajstić information content (AvgIpc) is 2.43. The largest absolute Gasteiger partial charge is 0.377 e. The molecule has 1 amide bonds. The molecular formula is C13H15ClFN3O3. The number of nitro groups is 1. The second kappa shape index (κ2) is 6.26. The summed E-state index contributed by atoms with van der Waals surface area (Å²) in [5.41, 5.74) is 5.09. The van der Waals surface area contributed by atoms with Gasteiger partial charge in [0.05, 0.1) is 16.0 Å². The summed E-state index contributed by atoms with van der Waals surface area (Å²) in [6.07, 6.45) is 2.60. The minimum Gasteiger partial charge on any atom is -0.377 e. The summed E-state index contributed by atoms with van der Waals surface area (Å²) >= 11 is 5.67. The zero-order valence-electron chi connectivity index (χ0n) is 11.1. The Kier molecular flexibility index (Phi) is 4.62. The molecule has 21 heavy (non-hydrogen) atoms. The number of anilines is 1. The van der Waals surface area contributed by atoms with Gasteiger partial charge in [-0.05, 0) is 31.7 Å². The van der Waals surface area contributed by atoms with Gasteiger partial charge in [-0.15, -0.1) is 0 Å². The molecule has 1 fully saturated rings. The lowest BCUT2D eigenvalue weighted by atomic mass is 9.85. The molecule has 6 nitrogen and oxygen atoms in total. The summed E-state index contributed by atoms with van der Waals surface area (Å²) < 4.78 is 13.3. The Morgan fingerprint density at radius 2 is 2.00 bits per heavy atom. The Labute approximate surface area is 125 Å². The number of nitro benzene ring substituents is 1. The number of nitrogens with two attached hydrogens (primary N) is 1. The third kappa shape index (κ3) is 3.60. The molecule has 0 bridgehead atoms. The molecule has 1 saturated carbocycles. The topological polar surface area (TPSA) is 98.3 Å². The summed E-state index contributed by atoms with van der Waals surface area (Å²) in [6, 6.07) is 2.00. The van der Waals surface area contributed by atoms with Crippen LogP contribution in [0.15, 0.2) is 12.1 Å². The Hall–Kier alpha value is -1.89. The Morgan fingerprint density at radius 1 is 1.38 bits per heavy atom. The van der Waals surface area contributed by atoms with E-state index in [1.165, 1.54) is 6.07 Å². The summed E-state index contributed by atoms with van der Waals surface area (Å²) in [4.78, 5) is 21.4. The fraction of sp³-hybridized carbons (Fsp3) is 0.462. The quantitative estimate of drug-likeness (QED) is 0.659. The van der Waals surface area contributed by atoms with Crippen LogP contribution in [0.1, 0.15) is 25.7 Å². The summed E-state index contributed by atoms with van der Waals surface area (Å²) in [5.74, 6) is -1.29. The van der Waals surface area contributed by atoms with Gasteiger partial charge < -0.3 is 11.1 Å². The van der Waals surface area contributed by atoms with E-state index in [9.17, 15) is 19.3 Å². The fourth-order valence-corrected chi connectivity index (χ4v) is 2.71. The first-order chi connectivity index (χ1) is 9.88. The van der Waals surface area contributed by atoms with Crippen LogP contribution in [0.4, 0.5) is 15.8 Å². The summed E-state index contributed by atoms with van der Waals surface area (Å²) in [6.45, 7) is 0. The average molecular weight is 316 g/mol. The van der Waals surface area contributed by atoms with E-state index in [0.717, 1.165) is 6.07 Å². The second-order valence-corrected chi connectivity index (χ2v) is 5.54. The van der Waals surface area contributed by atoms with Crippen molar-refractivity contribution < 1.29 is 14.1 Å². The van der Waals surface area contributed by atoms with Crippen molar-refractivity contribution in [2.24, 2.45) is 11.7 Å². The molecular weight excluding hydrogens is 301 g/mol. The van der Waals surface area contributed by atoms with Crippen molar-refractivity contribution in [2.45, 2.75) is 31.7 Å². The molecule has 1 aliphatic carbocycles. The molecule has 0 unspecified atom stereocenters. The van der Waals surface area contributed by atoms with Crippen molar-refractivity contribution in [3.05, 3.63) is 33.1 Å². The number of hydrogen-bond donors (Lipinski definition) is 2. The monoisotopic (exact) mass is 315 g/mol. The number of hydrogen-bond acceptors (Lipinski definition) is 4. The molecule has 1 aromatic rings. The lowest BCUT2D eigenvalue weighted by Crippen LogP contribution is -2.32. The van der Waals surface area contributed by atoms with Gasteiger partial charge >= 0.3 is 0 Å². The van der Waals surface area contributed by atoms with Crippen LogP contribution >= 0.6 is 11.6 Å². The van der Waals surface area contributed by atoms with Gasteiger partial charge in [-0.1, -0.05) is 11.6 Å². The number of benzene rings is 1. The highest BCUT2D eigenvalue weighted by Crippen LogP contribution is 2.33. The van der Waals surface area contributed by atoms with E-state index in [2.05, 4.69) is 5.32 Å². The molecule has 2 rings (SSSR count). The number of amides is 1. The molecule has 0 saturated heterocycles. The molecule has 1 aromatic carbocycles. The third-order valence-corrected chi connectivity index (χ3v) is 4.01. The van der Waals surface area contributed by atoms with Gasteiger partial charge in [0.2, 0.25) is 5.91 Å². The van der Waals surface area contributed by atoms with Crippen molar-refractivity contribution >= 4 is 28.9 Å². The molecule has 0 aliphatic heterocycles. The molecule has 1 aliphatic rings. The molecule has 0 radical (unpaired) electrons. The lowest BCUT2D eigenvalue weighted by molar-refractivity contribution is -0.384. The predicted molar refractivity (Wildman–Crippen MR) is 76.6 cm³/mol. The normalized spacial score (nSPS) is 21.8. The van der Waals surface area contributed by atoms with Gasteiger partial charge in [-0.2, -0.15) is 0 Å². The van der Waals surface area contributed by atoms with Crippen LogP contribution in [0.3, 0.4) is 0 Å². The van der Waals surface area contributed by atoms with Gasteiger partial charge in [0.15, 0.2) is 0 Å². The SMILES string of the molecule is NC(=O)C1CCC(Nc2cc(Cl)c(F)cc2[N+](=O)[O-])CC1. The van der Waals surface area contributed by atoms with Crippen LogP contribution in [0.25, 0.3) is 0 Å². The van der Waals surface area contributed by atoms with Crippen LogP contribution < -0.4 is 11.1 Å². The number of nitrogens with one attached hydrogen (secondary N) is 1. The van der Waals surface area contributed by atoms with Crippen molar-refractivity contribution in [1.82, 2.24) is 0 Å². The van der Waals surface area contributed by atoms with Gasteiger partial charge in [0.1, 0.15) is 11.5 Å². The lowest BCUT2D eigenvalue weighted by Gasteiger charge is -2.28. The number of nitrogens with zero attached hydrogens (tertiary/aromatic N) is 1. The van der Waals surface area contributed by atoms with E-state index in [1.807, 2.05) is 0 Å². The van der Waals surface area contributed by atoms with E-state index >= 15 is 0 Å². The standard InChI is InChI=1S/C13H15ClFN3O3/c14-9-5-11(12(18(20)21)6-10(9)15)17-8-3-1-7(2-4-8)13(16)19/h5-8,17H,1-4H2,(H2,16,19). The molecule has 114 valence electrons. The highest BCUT2D eigenvalue weighted by atomic mass is 35.5. The number of primary amides is 1. The zero-order chi connectivity index (χ0) is 15.6. The first kappa shape index (κ1) is 15.5. The fourth-order valence-electron chi connectivity index (χ4n) is 2.55. The number of carbonyl (C=O) groups is 1. The molecule has 0 heterocycles. The third-order valence-electron chi connectivity index (χ3n) is 3.72. The Bertz CT molecular complexity index is 574. The predicted octanol–water partition coefficient (Wildman–Crippen LogP) is 2.84. The van der Waals surface area contributed by atoms with Crippen molar-refractivity contribution in [2.75, 3.05) is 5.32 Å². The zero-order valence-corrected chi connectivity index (χ0v) is 11.9. The molecule has 8 heteroatoms. The maximum Gasteiger partial charge on any atom is 0.295 e. The summed E-state index contributed by atoms with van der Waals surface area (Å²) in [7, 11) is 0. The van der Waals surface area contributed by atoms with E-state index in [-0.39, 0.29) is 34.3 Å². The molecule has 0 aromatic heterocycles. The highest BCUT2D eigenvalue weighted by Gasteiger charge is 2.26. The second-order valence-electron chi connectivity index (χ2n) is 5.14. The van der Waals surface area contributed by atoms with Crippen molar-refractivity contribution in [3.63, 3.8) is 0 Å². The number of carbonyl (C=O) groups excluding carboxylic acids is 1. The maximum atomic E-state index is 13.3. The summed E-state index contributed by atoms with van der Waals surface area (Å²) in [5, 5.41) is 13.8. The van der Waals surface area contributed by atoms with E-state index in [4.69, 9.17) is 17.3 Å². The number of halogens is 2. The first-order valence-electron chi connectivity index (χ1n) is 6.57. The maximum absolute atomic E-state index is 13.3. The van der Waals surface area contributed by atoms with Crippen LogP contribution in [0.2, 0.25) is 5.02 Å². The Morgan fingerprint density at radius 3 is 2.52 bits per heavy atom. The minimum absolute atomic E-state index is 0.0270. The number of rotatable bonds is 4. The van der Waals surface area contributed by atoms with Gasteiger partial charge in [0.25, 0.3) is 5.69 Å². The van der Waals surface area contributed by atoms with Gasteiger partial charge in [-0.3, -0.25) is 14.9 Å². The van der Waals surface area contributed by atoms with Crippen LogP contribution in [-0.4, -0.2) is 16.9 Å². The minimum atomic E-state index is -0.827. The molecule has 3 N–H and O–H groups in total. The Balaban J connectivity index is 2.11. The van der Waals surface area contributed by atoms with Crippen LogP contribution in [0.5, 0.6) is 0 Å². The molecule has 0 spiro atoms. The van der Waals surface area contributed by atoms with E-state index in [0.29, 0.717) is 25.7 Å². The van der Waals surface area contributed by atoms with Gasteiger partial charge in [0, 0.05) is 12.0 Å². The van der Waals surface area contributed by atoms with Crippen LogP contribution in [0, 0.1) is 21.8 Å². The van der Waals surface area contributed by atoms with Crippen molar-refractivity contribution in [3.8, 4) is 0 Å². The van der Waals surface area contributed by atoms with E-state index in [1.54, 1.807) is 0 Å². The molecule has 0 atom stereocenters. The van der Waals surface area contributed by atoms with E-state index < -0.39 is 10.7 Å². The van der Waals surface area contributed by atoms with Crippen molar-refractivity contribution in [1.29, 1.82) is 0 Å².